The number of rotatable bonds is 6. The lowest BCUT2D eigenvalue weighted by molar-refractivity contribution is 0.394. The lowest BCUT2D eigenvalue weighted by atomic mass is 9.88. The zero-order chi connectivity index (χ0) is 22.5. The number of guanidine groups is 1. The topological polar surface area (TPSA) is 78.4 Å². The summed E-state index contributed by atoms with van der Waals surface area (Å²) in [6, 6.07) is 10.1. The second kappa shape index (κ2) is 10.0. The number of nitrogens with one attached hydrogen (secondary N) is 2. The molecule has 1 unspecified atom stereocenters. The molecule has 2 aromatic carbocycles. The largest absolute Gasteiger partial charge is 0.508 e. The Morgan fingerprint density at radius 3 is 2.59 bits per heavy atom. The Hall–Kier alpha value is -3.09. The van der Waals surface area contributed by atoms with Crippen molar-refractivity contribution in [1.29, 1.82) is 0 Å². The van der Waals surface area contributed by atoms with Crippen LogP contribution < -0.4 is 25.0 Å². The van der Waals surface area contributed by atoms with Crippen molar-refractivity contribution in [3.8, 4) is 17.2 Å². The zero-order valence-electron chi connectivity index (χ0n) is 19.3. The van der Waals surface area contributed by atoms with Crippen molar-refractivity contribution in [2.75, 3.05) is 39.3 Å². The molecular weight excluding hydrogens is 404 g/mol. The summed E-state index contributed by atoms with van der Waals surface area (Å²) in [4.78, 5) is 6.74. The minimum Gasteiger partial charge on any atom is -0.508 e. The second-order valence-corrected chi connectivity index (χ2v) is 8.48. The van der Waals surface area contributed by atoms with Gasteiger partial charge in [0.15, 0.2) is 5.96 Å². The highest BCUT2D eigenvalue weighted by Crippen LogP contribution is 2.31. The molecule has 1 aliphatic carbocycles. The van der Waals surface area contributed by atoms with Crippen molar-refractivity contribution in [3.05, 3.63) is 47.0 Å². The Morgan fingerprint density at radius 2 is 1.88 bits per heavy atom. The van der Waals surface area contributed by atoms with Crippen molar-refractivity contribution in [2.24, 2.45) is 4.99 Å². The summed E-state index contributed by atoms with van der Waals surface area (Å²) in [5, 5.41) is 17.4. The quantitative estimate of drug-likeness (QED) is 0.475. The van der Waals surface area contributed by atoms with Crippen LogP contribution >= 0.6 is 0 Å². The molecule has 0 radical (unpaired) electrons. The normalized spacial score (nSPS) is 18.3. The summed E-state index contributed by atoms with van der Waals surface area (Å²) < 4.78 is 10.8. The minimum atomic E-state index is 0.275. The smallest absolute Gasteiger partial charge is 0.191 e. The number of ether oxygens (including phenoxy) is 2. The Morgan fingerprint density at radius 1 is 1.12 bits per heavy atom. The number of fused-ring (bicyclic) bond motifs is 1. The zero-order valence-corrected chi connectivity index (χ0v) is 19.3. The van der Waals surface area contributed by atoms with Crippen LogP contribution in [0.15, 0.2) is 35.3 Å². The van der Waals surface area contributed by atoms with E-state index >= 15 is 0 Å². The van der Waals surface area contributed by atoms with E-state index in [9.17, 15) is 5.11 Å². The Bertz CT molecular complexity index is 954. The van der Waals surface area contributed by atoms with Crippen LogP contribution in [0.2, 0.25) is 0 Å². The summed E-state index contributed by atoms with van der Waals surface area (Å²) in [7, 11) is 5.13. The number of anilines is 1. The van der Waals surface area contributed by atoms with Gasteiger partial charge in [-0.25, -0.2) is 0 Å². The molecule has 0 aromatic heterocycles. The first-order valence-electron chi connectivity index (χ1n) is 11.4. The van der Waals surface area contributed by atoms with Gasteiger partial charge in [0, 0.05) is 62.2 Å². The average Bonchev–Trinajstić information content (AvgIpc) is 3.30. The monoisotopic (exact) mass is 438 g/mol. The fourth-order valence-electron chi connectivity index (χ4n) is 4.74. The van der Waals surface area contributed by atoms with Crippen molar-refractivity contribution < 1.29 is 14.6 Å². The van der Waals surface area contributed by atoms with Crippen LogP contribution in [0, 0.1) is 0 Å². The molecule has 2 aromatic rings. The number of aliphatic imine (C=N–C) groups is 1. The van der Waals surface area contributed by atoms with Gasteiger partial charge in [0.25, 0.3) is 0 Å². The highest BCUT2D eigenvalue weighted by Gasteiger charge is 2.25. The number of methoxy groups -OCH3 is 2. The third kappa shape index (κ3) is 4.87. The number of hydrogen-bond acceptors (Lipinski definition) is 5. The van der Waals surface area contributed by atoms with Crippen molar-refractivity contribution in [2.45, 2.75) is 44.7 Å². The Labute approximate surface area is 190 Å². The molecule has 0 amide bonds. The van der Waals surface area contributed by atoms with Crippen molar-refractivity contribution >= 4 is 11.6 Å². The fourth-order valence-corrected chi connectivity index (χ4v) is 4.74. The molecule has 1 aliphatic heterocycles. The minimum absolute atomic E-state index is 0.275. The standard InChI is InChI=1S/C25H34N4O3/c1-26-25(27-15-23-22-7-5-4-6-17(22)8-9-24(23)30)28-18-10-11-29(16-18)19-12-20(31-2)14-21(13-19)32-3/h8-9,12-14,18,30H,4-7,10-11,15-16H2,1-3H3,(H2,26,27,28). The van der Waals surface area contributed by atoms with Gasteiger partial charge in [-0.15, -0.1) is 0 Å². The van der Waals surface area contributed by atoms with Crippen LogP contribution in [-0.2, 0) is 19.4 Å². The molecule has 2 aliphatic rings. The molecule has 1 atom stereocenters. The summed E-state index contributed by atoms with van der Waals surface area (Å²) in [6.07, 6.45) is 5.55. The fraction of sp³-hybridized carbons (Fsp3) is 0.480. The van der Waals surface area contributed by atoms with E-state index in [-0.39, 0.29) is 6.04 Å². The molecule has 32 heavy (non-hydrogen) atoms. The van der Waals surface area contributed by atoms with Gasteiger partial charge in [-0.1, -0.05) is 6.07 Å². The lowest BCUT2D eigenvalue weighted by Gasteiger charge is -2.23. The lowest BCUT2D eigenvalue weighted by Crippen LogP contribution is -2.44. The van der Waals surface area contributed by atoms with E-state index in [0.717, 1.165) is 61.1 Å². The van der Waals surface area contributed by atoms with Crippen LogP contribution in [0.25, 0.3) is 0 Å². The maximum Gasteiger partial charge on any atom is 0.191 e. The molecule has 0 spiro atoms. The number of phenolic OH excluding ortho intramolecular Hbond substituents is 1. The van der Waals surface area contributed by atoms with E-state index in [0.29, 0.717) is 12.3 Å². The van der Waals surface area contributed by atoms with Crippen LogP contribution in [0.1, 0.15) is 36.0 Å². The van der Waals surface area contributed by atoms with Gasteiger partial charge >= 0.3 is 0 Å². The first-order chi connectivity index (χ1) is 15.6. The van der Waals surface area contributed by atoms with E-state index in [2.05, 4.69) is 26.6 Å². The molecule has 0 saturated carbocycles. The van der Waals surface area contributed by atoms with Gasteiger partial charge in [0.2, 0.25) is 0 Å². The van der Waals surface area contributed by atoms with Crippen LogP contribution in [-0.4, -0.2) is 51.5 Å². The Kier molecular flexibility index (Phi) is 6.93. The van der Waals surface area contributed by atoms with Gasteiger partial charge < -0.3 is 30.1 Å². The molecule has 0 bridgehead atoms. The predicted molar refractivity (Wildman–Crippen MR) is 128 cm³/mol. The predicted octanol–water partition coefficient (Wildman–Crippen LogP) is 3.23. The second-order valence-electron chi connectivity index (χ2n) is 8.48. The average molecular weight is 439 g/mol. The maximum absolute atomic E-state index is 10.5. The molecule has 1 heterocycles. The van der Waals surface area contributed by atoms with E-state index < -0.39 is 0 Å². The van der Waals surface area contributed by atoms with Crippen molar-refractivity contribution in [3.63, 3.8) is 0 Å². The van der Waals surface area contributed by atoms with Gasteiger partial charge in [-0.2, -0.15) is 0 Å². The van der Waals surface area contributed by atoms with Crippen LogP contribution in [0.5, 0.6) is 17.2 Å². The molecule has 1 fully saturated rings. The number of aromatic hydroxyl groups is 1. The summed E-state index contributed by atoms with van der Waals surface area (Å²) in [5.41, 5.74) is 4.77. The van der Waals surface area contributed by atoms with E-state index in [1.807, 2.05) is 24.3 Å². The molecule has 3 N–H and O–H groups in total. The highest BCUT2D eigenvalue weighted by molar-refractivity contribution is 5.80. The van der Waals surface area contributed by atoms with E-state index in [4.69, 9.17) is 9.47 Å². The third-order valence-corrected chi connectivity index (χ3v) is 6.51. The Balaban J connectivity index is 1.38. The molecule has 7 heteroatoms. The number of aryl methyl sites for hydroxylation is 1. The van der Waals surface area contributed by atoms with E-state index in [1.54, 1.807) is 21.3 Å². The first-order valence-corrected chi connectivity index (χ1v) is 11.4. The highest BCUT2D eigenvalue weighted by atomic mass is 16.5. The van der Waals surface area contributed by atoms with Crippen LogP contribution in [0.4, 0.5) is 5.69 Å². The third-order valence-electron chi connectivity index (χ3n) is 6.51. The number of hydrogen-bond donors (Lipinski definition) is 3. The molecule has 1 saturated heterocycles. The van der Waals surface area contributed by atoms with Gasteiger partial charge in [-0.05, 0) is 49.3 Å². The molecule has 7 nitrogen and oxygen atoms in total. The summed E-state index contributed by atoms with van der Waals surface area (Å²) in [5.74, 6) is 2.71. The number of benzene rings is 2. The first kappa shape index (κ1) is 22.1. The summed E-state index contributed by atoms with van der Waals surface area (Å²) >= 11 is 0. The van der Waals surface area contributed by atoms with Crippen LogP contribution in [0.3, 0.4) is 0 Å². The molecule has 172 valence electrons. The van der Waals surface area contributed by atoms with Crippen molar-refractivity contribution in [1.82, 2.24) is 10.6 Å². The maximum atomic E-state index is 10.5. The van der Waals surface area contributed by atoms with Gasteiger partial charge in [0.1, 0.15) is 17.2 Å². The number of phenols is 1. The van der Waals surface area contributed by atoms with Gasteiger partial charge in [-0.3, -0.25) is 4.99 Å². The molecule has 4 rings (SSSR count). The summed E-state index contributed by atoms with van der Waals surface area (Å²) in [6.45, 7) is 2.37. The number of nitrogens with zero attached hydrogens (tertiary/aromatic N) is 2. The molecular formula is C25H34N4O3. The van der Waals surface area contributed by atoms with E-state index in [1.165, 1.54) is 24.0 Å². The SMILES string of the molecule is CN=C(NCc1c(O)ccc2c1CCCC2)NC1CCN(c2cc(OC)cc(OC)c2)C1. The van der Waals surface area contributed by atoms with Gasteiger partial charge in [0.05, 0.1) is 14.2 Å².